The lowest BCUT2D eigenvalue weighted by molar-refractivity contribution is 1.56. The first-order valence-electron chi connectivity index (χ1n) is 2.49. The Morgan fingerprint density at radius 3 is 2.50 bits per heavy atom. The molecule has 8 heavy (non-hydrogen) atoms. The minimum atomic E-state index is 1.09. The number of hydrogen-bond donors (Lipinski definition) is 0. The van der Waals surface area contributed by atoms with Gasteiger partial charge in [-0.25, -0.2) is 0 Å². The van der Waals surface area contributed by atoms with Gasteiger partial charge in [0.2, 0.25) is 0 Å². The molecular weight excluding hydrogens is 120 g/mol. The van der Waals surface area contributed by atoms with Crippen LogP contribution in [-0.4, -0.2) is 0 Å². The van der Waals surface area contributed by atoms with Gasteiger partial charge in [-0.3, -0.25) is 0 Å². The Kier molecular flexibility index (Phi) is 1.54. The first kappa shape index (κ1) is 5.64. The van der Waals surface area contributed by atoms with Gasteiger partial charge in [0.1, 0.15) is 0 Å². The summed E-state index contributed by atoms with van der Waals surface area (Å²) in [5, 5.41) is 0. The van der Waals surface area contributed by atoms with Crippen LogP contribution in [0.15, 0.2) is 34.9 Å². The third kappa shape index (κ3) is 1.01. The van der Waals surface area contributed by atoms with Crippen molar-refractivity contribution in [1.29, 1.82) is 0 Å². The summed E-state index contributed by atoms with van der Waals surface area (Å²) >= 11 is 5.42. The molecule has 0 spiro atoms. The van der Waals surface area contributed by atoms with E-state index in [1.165, 1.54) is 5.57 Å². The van der Waals surface area contributed by atoms with Gasteiger partial charge in [-0.15, -0.1) is 0 Å². The van der Waals surface area contributed by atoms with Gasteiger partial charge >= 0.3 is 0 Å². The van der Waals surface area contributed by atoms with Gasteiger partial charge in [0.25, 0.3) is 0 Å². The van der Waals surface area contributed by atoms with Crippen molar-refractivity contribution in [2.45, 2.75) is 6.92 Å². The van der Waals surface area contributed by atoms with Gasteiger partial charge < -0.3 is 0 Å². The molecule has 0 saturated heterocycles. The highest BCUT2D eigenvalue weighted by Gasteiger charge is 1.93. The van der Waals surface area contributed by atoms with Crippen LogP contribution in [0.25, 0.3) is 0 Å². The molecule has 1 aliphatic carbocycles. The van der Waals surface area contributed by atoms with Crippen LogP contribution < -0.4 is 0 Å². The summed E-state index contributed by atoms with van der Waals surface area (Å²) in [7, 11) is 0. The molecule has 0 nitrogen and oxygen atoms in total. The fraction of sp³-hybridized carbons (Fsp3) is 0.143. The highest BCUT2D eigenvalue weighted by Crippen LogP contribution is 2.14. The summed E-state index contributed by atoms with van der Waals surface area (Å²) in [6.07, 6.45) is 6.06. The summed E-state index contributed by atoms with van der Waals surface area (Å²) in [6.45, 7) is 2.05. The van der Waals surface area contributed by atoms with Crippen LogP contribution in [0.5, 0.6) is 0 Å². The van der Waals surface area contributed by atoms with E-state index in [0.717, 1.165) is 5.57 Å². The summed E-state index contributed by atoms with van der Waals surface area (Å²) in [6, 6.07) is 0. The Balaban J connectivity index is 2.84. The summed E-state index contributed by atoms with van der Waals surface area (Å²) < 4.78 is 0. The molecule has 0 aliphatic heterocycles. The smallest absolute Gasteiger partial charge is 0.0115 e. The molecule has 0 aromatic rings. The zero-order valence-electron chi connectivity index (χ0n) is 4.69. The van der Waals surface area contributed by atoms with E-state index in [0.29, 0.717) is 0 Å². The molecule has 0 fully saturated rings. The molecule has 0 amide bonds. The van der Waals surface area contributed by atoms with Crippen LogP contribution in [-0.2, 0) is 0 Å². The highest BCUT2D eigenvalue weighted by molar-refractivity contribution is 6.26. The predicted octanol–water partition coefficient (Wildman–Crippen LogP) is 2.63. The normalized spacial score (nSPS) is 22.2. The van der Waals surface area contributed by atoms with Gasteiger partial charge in [0, 0.05) is 5.54 Å². The zero-order valence-corrected chi connectivity index (χ0v) is 5.44. The molecular formula is C7H7Cl. The van der Waals surface area contributed by atoms with E-state index < -0.39 is 0 Å². The number of allylic oxidation sites excluding steroid dienone is 5. The Hall–Kier alpha value is -0.490. The van der Waals surface area contributed by atoms with Crippen molar-refractivity contribution in [2.24, 2.45) is 0 Å². The van der Waals surface area contributed by atoms with Crippen LogP contribution in [0.1, 0.15) is 6.92 Å². The first-order chi connectivity index (χ1) is 3.83. The molecule has 0 atom stereocenters. The van der Waals surface area contributed by atoms with Crippen LogP contribution >= 0.6 is 11.6 Å². The van der Waals surface area contributed by atoms with Gasteiger partial charge in [0.05, 0.1) is 0 Å². The van der Waals surface area contributed by atoms with E-state index in [4.69, 9.17) is 11.6 Å². The minimum Gasteiger partial charge on any atom is -0.0923 e. The van der Waals surface area contributed by atoms with Gasteiger partial charge in [0.15, 0.2) is 0 Å². The molecule has 0 N–H and O–H groups in total. The Labute approximate surface area is 54.2 Å². The van der Waals surface area contributed by atoms with Gasteiger partial charge in [-0.2, -0.15) is 0 Å². The molecule has 0 saturated carbocycles. The third-order valence-electron chi connectivity index (χ3n) is 1.06. The quantitative estimate of drug-likeness (QED) is 0.468. The maximum atomic E-state index is 5.42. The Morgan fingerprint density at radius 2 is 2.25 bits per heavy atom. The molecule has 0 bridgehead atoms. The van der Waals surface area contributed by atoms with Gasteiger partial charge in [-0.05, 0) is 12.5 Å². The molecule has 0 heterocycles. The van der Waals surface area contributed by atoms with Crippen molar-refractivity contribution in [1.82, 2.24) is 0 Å². The number of rotatable bonds is 0. The van der Waals surface area contributed by atoms with Crippen LogP contribution in [0, 0.1) is 0 Å². The maximum absolute atomic E-state index is 5.42. The molecule has 1 rings (SSSR count). The maximum Gasteiger partial charge on any atom is 0.0115 e. The van der Waals surface area contributed by atoms with Crippen molar-refractivity contribution in [2.75, 3.05) is 0 Å². The molecule has 0 aromatic carbocycles. The second-order valence-electron chi connectivity index (χ2n) is 1.83. The standard InChI is InChI=1S/C7H7Cl/c1-6-2-3-7(4-6)5-8/h2-5H,1H3. The topological polar surface area (TPSA) is 0 Å². The lowest BCUT2D eigenvalue weighted by atomic mass is 10.3. The van der Waals surface area contributed by atoms with E-state index in [1.807, 2.05) is 25.2 Å². The minimum absolute atomic E-state index is 1.09. The molecule has 1 heteroatoms. The first-order valence-corrected chi connectivity index (χ1v) is 2.93. The van der Waals surface area contributed by atoms with Crippen molar-refractivity contribution in [3.05, 3.63) is 34.9 Å². The largest absolute Gasteiger partial charge is 0.0923 e. The van der Waals surface area contributed by atoms with Crippen LogP contribution in [0.2, 0.25) is 0 Å². The van der Waals surface area contributed by atoms with Gasteiger partial charge in [-0.1, -0.05) is 35.4 Å². The molecule has 0 unspecified atom stereocenters. The van der Waals surface area contributed by atoms with E-state index >= 15 is 0 Å². The third-order valence-corrected chi connectivity index (χ3v) is 1.31. The summed E-state index contributed by atoms with van der Waals surface area (Å²) in [5.41, 5.74) is 3.92. The van der Waals surface area contributed by atoms with E-state index in [2.05, 4.69) is 0 Å². The molecule has 42 valence electrons. The molecule has 1 aliphatic rings. The lowest BCUT2D eigenvalue weighted by Gasteiger charge is -1.78. The van der Waals surface area contributed by atoms with Crippen molar-refractivity contribution in [3.8, 4) is 0 Å². The van der Waals surface area contributed by atoms with Crippen molar-refractivity contribution >= 4 is 11.6 Å². The SMILES string of the molecule is CC1=CC(=CCl)C=C1. The average Bonchev–Trinajstić information content (AvgIpc) is 2.14. The molecule has 0 aromatic heterocycles. The second-order valence-corrected chi connectivity index (χ2v) is 2.05. The second kappa shape index (κ2) is 2.19. The van der Waals surface area contributed by atoms with Crippen LogP contribution in [0.4, 0.5) is 0 Å². The summed E-state index contributed by atoms with van der Waals surface area (Å²) in [4.78, 5) is 0. The highest BCUT2D eigenvalue weighted by atomic mass is 35.5. The Bertz CT molecular complexity index is 173. The van der Waals surface area contributed by atoms with E-state index in [9.17, 15) is 0 Å². The van der Waals surface area contributed by atoms with Crippen LogP contribution in [0.3, 0.4) is 0 Å². The Morgan fingerprint density at radius 1 is 1.50 bits per heavy atom. The monoisotopic (exact) mass is 126 g/mol. The lowest BCUT2D eigenvalue weighted by Crippen LogP contribution is -1.58. The predicted molar refractivity (Wildman–Crippen MR) is 36.8 cm³/mol. The van der Waals surface area contributed by atoms with E-state index in [-0.39, 0.29) is 0 Å². The summed E-state index contributed by atoms with van der Waals surface area (Å²) in [5.74, 6) is 0. The number of halogens is 1. The van der Waals surface area contributed by atoms with Crippen molar-refractivity contribution in [3.63, 3.8) is 0 Å². The van der Waals surface area contributed by atoms with E-state index in [1.54, 1.807) is 5.54 Å². The van der Waals surface area contributed by atoms with Crippen molar-refractivity contribution < 1.29 is 0 Å². The fourth-order valence-corrected chi connectivity index (χ4v) is 0.790. The molecule has 0 radical (unpaired) electrons. The average molecular weight is 127 g/mol. The zero-order chi connectivity index (χ0) is 5.98. The number of hydrogen-bond acceptors (Lipinski definition) is 0. The fourth-order valence-electron chi connectivity index (χ4n) is 0.655.